The van der Waals surface area contributed by atoms with Crippen LogP contribution >= 0.6 is 0 Å². The predicted octanol–water partition coefficient (Wildman–Crippen LogP) is 16.5. The van der Waals surface area contributed by atoms with Gasteiger partial charge in [0.1, 0.15) is 28.6 Å². The summed E-state index contributed by atoms with van der Waals surface area (Å²) in [4.78, 5) is 54.8. The second-order valence-corrected chi connectivity index (χ2v) is 22.7. The van der Waals surface area contributed by atoms with Crippen molar-refractivity contribution in [2.24, 2.45) is 11.3 Å². The van der Waals surface area contributed by atoms with Crippen LogP contribution in [0.2, 0.25) is 0 Å². The van der Waals surface area contributed by atoms with Crippen molar-refractivity contribution in [1.82, 2.24) is 0 Å². The topological polar surface area (TPSA) is 105 Å². The summed E-state index contributed by atoms with van der Waals surface area (Å²) in [5.41, 5.74) is 6.25. The molecule has 3 unspecified atom stereocenters. The number of hydrogen-bond acceptors (Lipinski definition) is 8. The standard InChI is InChI=1S/C66H80O8/c1-17-32-64(13,14)74-58-44(9)35-53(36-45(58)10)66(16,40-41(5)6)52-33-42(7)57(43(8)34-52)73-61(69)47-24-28-51(29-25-47)65(15,20-4)60(68)56(18-2)71-54-30-26-46-27-31-55(39-50(46)38-54)72-62(70)49-23-21-22-48(37-49)59(67)63(11,12)19-3/h21-31,33-39,41,56H,17-20,32,40H2,1-16H3. The van der Waals surface area contributed by atoms with Gasteiger partial charge in [0.2, 0.25) is 0 Å². The zero-order valence-electron chi connectivity index (χ0n) is 47.1. The molecule has 0 spiro atoms. The van der Waals surface area contributed by atoms with Crippen LogP contribution in [0.15, 0.2) is 109 Å². The van der Waals surface area contributed by atoms with Gasteiger partial charge in [-0.1, -0.05) is 129 Å². The minimum atomic E-state index is -0.919. The van der Waals surface area contributed by atoms with E-state index in [1.807, 2.05) is 91.8 Å². The van der Waals surface area contributed by atoms with Gasteiger partial charge in [-0.15, -0.1) is 0 Å². The largest absolute Gasteiger partial charge is 0.487 e. The predicted molar refractivity (Wildman–Crippen MR) is 300 cm³/mol. The van der Waals surface area contributed by atoms with E-state index in [-0.39, 0.29) is 28.1 Å². The molecule has 0 aliphatic heterocycles. The van der Waals surface area contributed by atoms with Gasteiger partial charge in [0.15, 0.2) is 17.7 Å². The molecule has 6 aromatic rings. The summed E-state index contributed by atoms with van der Waals surface area (Å²) in [6.07, 6.45) is 3.78. The van der Waals surface area contributed by atoms with Crippen molar-refractivity contribution in [3.63, 3.8) is 0 Å². The molecule has 0 fully saturated rings. The Labute approximate surface area is 441 Å². The Balaban J connectivity index is 1.16. The van der Waals surface area contributed by atoms with Crippen LogP contribution in [0.3, 0.4) is 0 Å². The number of carbonyl (C=O) groups is 4. The highest BCUT2D eigenvalue weighted by Crippen LogP contribution is 2.44. The Morgan fingerprint density at radius 2 is 1.08 bits per heavy atom. The van der Waals surface area contributed by atoms with Crippen molar-refractivity contribution in [2.45, 2.75) is 172 Å². The van der Waals surface area contributed by atoms with Gasteiger partial charge < -0.3 is 18.9 Å². The third kappa shape index (κ3) is 12.5. The molecule has 0 aliphatic carbocycles. The van der Waals surface area contributed by atoms with Crippen LogP contribution in [0.1, 0.15) is 192 Å². The second kappa shape index (κ2) is 22.9. The molecule has 8 heteroatoms. The quantitative estimate of drug-likeness (QED) is 0.0376. The molecule has 0 radical (unpaired) electrons. The van der Waals surface area contributed by atoms with E-state index in [0.29, 0.717) is 53.6 Å². The van der Waals surface area contributed by atoms with Gasteiger partial charge in [-0.2, -0.15) is 0 Å². The molecule has 0 saturated heterocycles. The van der Waals surface area contributed by atoms with E-state index in [4.69, 9.17) is 18.9 Å². The van der Waals surface area contributed by atoms with Crippen LogP contribution in [0.25, 0.3) is 10.8 Å². The molecule has 0 saturated carbocycles. The normalized spacial score (nSPS) is 14.0. The molecule has 0 aromatic heterocycles. The molecule has 0 bridgehead atoms. The Bertz CT molecular complexity index is 2980. The number of carbonyl (C=O) groups excluding carboxylic acids is 4. The molecule has 0 amide bonds. The summed E-state index contributed by atoms with van der Waals surface area (Å²) < 4.78 is 25.1. The Hall–Kier alpha value is -6.54. The molecule has 0 heterocycles. The number of rotatable bonds is 22. The third-order valence-electron chi connectivity index (χ3n) is 15.2. The fourth-order valence-corrected chi connectivity index (χ4v) is 10.3. The van der Waals surface area contributed by atoms with Crippen LogP contribution in [-0.2, 0) is 15.6 Å². The average Bonchev–Trinajstić information content (AvgIpc) is 3.36. The Morgan fingerprint density at radius 1 is 0.541 bits per heavy atom. The molecule has 6 rings (SSSR count). The van der Waals surface area contributed by atoms with Crippen molar-refractivity contribution in [2.75, 3.05) is 0 Å². The van der Waals surface area contributed by atoms with Gasteiger partial charge >= 0.3 is 11.9 Å². The summed E-state index contributed by atoms with van der Waals surface area (Å²) in [5, 5.41) is 1.66. The number of Topliss-reactive ketones (excluding diaryl/α,β-unsaturated/α-hetero) is 2. The van der Waals surface area contributed by atoms with Gasteiger partial charge in [-0.25, -0.2) is 9.59 Å². The number of esters is 2. The summed E-state index contributed by atoms with van der Waals surface area (Å²) in [6.45, 7) is 33.2. The molecule has 6 aromatic carbocycles. The molecule has 74 heavy (non-hydrogen) atoms. The monoisotopic (exact) mass is 1000 g/mol. The number of ketones is 2. The zero-order chi connectivity index (χ0) is 54.5. The van der Waals surface area contributed by atoms with Gasteiger partial charge in [0.05, 0.1) is 16.5 Å². The molecule has 0 N–H and O–H groups in total. The van der Waals surface area contributed by atoms with E-state index in [0.717, 1.165) is 63.6 Å². The molecule has 8 nitrogen and oxygen atoms in total. The van der Waals surface area contributed by atoms with E-state index < -0.39 is 28.9 Å². The minimum Gasteiger partial charge on any atom is -0.487 e. The summed E-state index contributed by atoms with van der Waals surface area (Å²) >= 11 is 0. The average molecular weight is 1000 g/mol. The van der Waals surface area contributed by atoms with Crippen molar-refractivity contribution < 1.29 is 38.1 Å². The maximum atomic E-state index is 14.5. The smallest absolute Gasteiger partial charge is 0.343 e. The van der Waals surface area contributed by atoms with Crippen LogP contribution in [0.5, 0.6) is 23.0 Å². The first-order valence-corrected chi connectivity index (χ1v) is 26.7. The van der Waals surface area contributed by atoms with E-state index in [1.165, 1.54) is 11.1 Å². The molecule has 392 valence electrons. The summed E-state index contributed by atoms with van der Waals surface area (Å²) in [5.74, 6) is 1.60. The molecular formula is C66H80O8. The maximum absolute atomic E-state index is 14.5. The Kier molecular flexibility index (Phi) is 17.6. The van der Waals surface area contributed by atoms with Crippen molar-refractivity contribution in [1.29, 1.82) is 0 Å². The number of benzene rings is 6. The van der Waals surface area contributed by atoms with Gasteiger partial charge in [0.25, 0.3) is 0 Å². The van der Waals surface area contributed by atoms with Crippen LogP contribution in [0, 0.1) is 39.0 Å². The first kappa shape index (κ1) is 56.8. The number of aryl methyl sites for hydroxylation is 4. The second-order valence-electron chi connectivity index (χ2n) is 22.7. The summed E-state index contributed by atoms with van der Waals surface area (Å²) in [6, 6.07) is 33.6. The van der Waals surface area contributed by atoms with Crippen LogP contribution in [-0.4, -0.2) is 35.2 Å². The van der Waals surface area contributed by atoms with E-state index in [1.54, 1.807) is 48.5 Å². The highest BCUT2D eigenvalue weighted by atomic mass is 16.5. The van der Waals surface area contributed by atoms with E-state index in [2.05, 4.69) is 79.7 Å². The van der Waals surface area contributed by atoms with Gasteiger partial charge in [-0.05, 0) is 185 Å². The third-order valence-corrected chi connectivity index (χ3v) is 15.2. The lowest BCUT2D eigenvalue weighted by molar-refractivity contribution is -0.131. The maximum Gasteiger partial charge on any atom is 0.343 e. The number of fused-ring (bicyclic) bond motifs is 1. The molecule has 3 atom stereocenters. The number of hydrogen-bond donors (Lipinski definition) is 0. The SMILES string of the molecule is CCCC(C)(C)Oc1c(C)cc(C(C)(CC(C)C)c2cc(C)c(OC(=O)c3ccc(C(C)(CC)C(=O)C(CC)Oc4ccc5ccc(OC(=O)c6cccc(C(=O)C(C)(C)CC)c6)cc5c4)cc3)c(C)c2)cc1C. The molecular weight excluding hydrogens is 921 g/mol. The van der Waals surface area contributed by atoms with Crippen LogP contribution in [0.4, 0.5) is 0 Å². The van der Waals surface area contributed by atoms with Crippen LogP contribution < -0.4 is 18.9 Å². The fourth-order valence-electron chi connectivity index (χ4n) is 10.3. The van der Waals surface area contributed by atoms with E-state index in [9.17, 15) is 19.2 Å². The zero-order valence-corrected chi connectivity index (χ0v) is 47.1. The lowest BCUT2D eigenvalue weighted by Gasteiger charge is -2.35. The minimum absolute atomic E-state index is 0.0308. The summed E-state index contributed by atoms with van der Waals surface area (Å²) in [7, 11) is 0. The van der Waals surface area contributed by atoms with Crippen molar-refractivity contribution >= 4 is 34.3 Å². The van der Waals surface area contributed by atoms with Gasteiger partial charge in [0, 0.05) is 16.4 Å². The highest BCUT2D eigenvalue weighted by molar-refractivity contribution is 6.02. The molecule has 0 aliphatic rings. The van der Waals surface area contributed by atoms with E-state index >= 15 is 0 Å². The fraction of sp³-hybridized carbons (Fsp3) is 0.424. The van der Waals surface area contributed by atoms with Crippen molar-refractivity contribution in [3.05, 3.63) is 165 Å². The Morgan fingerprint density at radius 3 is 1.62 bits per heavy atom. The van der Waals surface area contributed by atoms with Crippen molar-refractivity contribution in [3.8, 4) is 23.0 Å². The lowest BCUT2D eigenvalue weighted by Crippen LogP contribution is -2.42. The highest BCUT2D eigenvalue weighted by Gasteiger charge is 2.39. The lowest BCUT2D eigenvalue weighted by atomic mass is 9.70. The number of ether oxygens (including phenoxy) is 4. The first-order chi connectivity index (χ1) is 34.8. The first-order valence-electron chi connectivity index (χ1n) is 26.7. The van der Waals surface area contributed by atoms with Gasteiger partial charge in [-0.3, -0.25) is 9.59 Å².